The first-order valence-electron chi connectivity index (χ1n) is 21.1. The van der Waals surface area contributed by atoms with Crippen molar-refractivity contribution in [2.45, 2.75) is 142 Å². The zero-order chi connectivity index (χ0) is 39.4. The van der Waals surface area contributed by atoms with Crippen molar-refractivity contribution in [2.75, 3.05) is 92.4 Å². The van der Waals surface area contributed by atoms with E-state index in [0.29, 0.717) is 72.2 Å². The molecule has 0 aromatic rings. The maximum atomic E-state index is 12.0. The highest BCUT2D eigenvalue weighted by atomic mass is 16.5. The SMILES string of the molecule is CCCCCNC(=O)COCCOCCNC(=O)COCCOCCNC(=O)CCCNCOCCCCCCCCCCCCCCCCCC(=O)O. The number of hydrogen-bond donors (Lipinski definition) is 5. The lowest BCUT2D eigenvalue weighted by Gasteiger charge is -2.09. The van der Waals surface area contributed by atoms with Gasteiger partial charge in [0, 0.05) is 39.1 Å². The van der Waals surface area contributed by atoms with Crippen molar-refractivity contribution in [3.05, 3.63) is 0 Å². The summed E-state index contributed by atoms with van der Waals surface area (Å²) in [5.74, 6) is -1.05. The molecule has 0 aliphatic heterocycles. The minimum atomic E-state index is -0.679. The van der Waals surface area contributed by atoms with Crippen LogP contribution in [0, 0.1) is 0 Å². The molecule has 0 radical (unpaired) electrons. The summed E-state index contributed by atoms with van der Waals surface area (Å²) in [6.45, 7) is 7.49. The third-order valence-corrected chi connectivity index (χ3v) is 8.59. The molecular weight excluding hydrogens is 696 g/mol. The number of ether oxygens (including phenoxy) is 5. The number of nitrogens with one attached hydrogen (secondary N) is 4. The van der Waals surface area contributed by atoms with Gasteiger partial charge in [-0.05, 0) is 32.2 Å². The number of amides is 3. The Balaban J connectivity index is 3.26. The molecule has 14 heteroatoms. The average molecular weight is 775 g/mol. The molecule has 0 aliphatic rings. The Labute approximate surface area is 326 Å². The van der Waals surface area contributed by atoms with E-state index < -0.39 is 5.97 Å². The van der Waals surface area contributed by atoms with Gasteiger partial charge in [0.25, 0.3) is 0 Å². The summed E-state index contributed by atoms with van der Waals surface area (Å²) >= 11 is 0. The van der Waals surface area contributed by atoms with Gasteiger partial charge in [-0.1, -0.05) is 103 Å². The van der Waals surface area contributed by atoms with E-state index in [1.54, 1.807) is 0 Å². The topological polar surface area (TPSA) is 183 Å². The second-order valence-corrected chi connectivity index (χ2v) is 13.7. The van der Waals surface area contributed by atoms with Gasteiger partial charge in [0.2, 0.25) is 17.7 Å². The van der Waals surface area contributed by atoms with Crippen molar-refractivity contribution in [2.24, 2.45) is 0 Å². The summed E-state index contributed by atoms with van der Waals surface area (Å²) < 4.78 is 27.1. The Morgan fingerprint density at radius 3 is 1.39 bits per heavy atom. The highest BCUT2D eigenvalue weighted by molar-refractivity contribution is 5.77. The molecule has 0 atom stereocenters. The van der Waals surface area contributed by atoms with Crippen LogP contribution in [0.5, 0.6) is 0 Å². The molecule has 0 bridgehead atoms. The van der Waals surface area contributed by atoms with E-state index in [1.165, 1.54) is 77.0 Å². The Bertz CT molecular complexity index is 869. The van der Waals surface area contributed by atoms with Crippen LogP contribution in [0.2, 0.25) is 0 Å². The molecular formula is C40H78N4O10. The highest BCUT2D eigenvalue weighted by Crippen LogP contribution is 2.13. The van der Waals surface area contributed by atoms with Crippen LogP contribution in [0.4, 0.5) is 0 Å². The number of rotatable bonds is 44. The lowest BCUT2D eigenvalue weighted by atomic mass is 10.0. The third kappa shape index (κ3) is 44.0. The average Bonchev–Trinajstić information content (AvgIpc) is 3.15. The summed E-state index contributed by atoms with van der Waals surface area (Å²) in [6, 6.07) is 0. The minimum Gasteiger partial charge on any atom is -0.481 e. The van der Waals surface area contributed by atoms with Crippen LogP contribution in [0.15, 0.2) is 0 Å². The van der Waals surface area contributed by atoms with Crippen LogP contribution < -0.4 is 21.3 Å². The lowest BCUT2D eigenvalue weighted by molar-refractivity contribution is -0.137. The van der Waals surface area contributed by atoms with Gasteiger partial charge in [-0.25, -0.2) is 0 Å². The largest absolute Gasteiger partial charge is 0.481 e. The van der Waals surface area contributed by atoms with Crippen molar-refractivity contribution in [3.8, 4) is 0 Å². The van der Waals surface area contributed by atoms with E-state index in [1.807, 2.05) is 0 Å². The first-order chi connectivity index (χ1) is 26.5. The van der Waals surface area contributed by atoms with Crippen LogP contribution in [0.1, 0.15) is 142 Å². The number of carbonyl (C=O) groups excluding carboxylic acids is 3. The third-order valence-electron chi connectivity index (χ3n) is 8.59. The first-order valence-corrected chi connectivity index (χ1v) is 21.1. The van der Waals surface area contributed by atoms with Crippen LogP contribution in [-0.4, -0.2) is 121 Å². The molecule has 0 aromatic carbocycles. The number of carbonyl (C=O) groups is 4. The van der Waals surface area contributed by atoms with E-state index in [-0.39, 0.29) is 37.5 Å². The maximum Gasteiger partial charge on any atom is 0.303 e. The van der Waals surface area contributed by atoms with Gasteiger partial charge < -0.3 is 44.7 Å². The number of hydrogen-bond acceptors (Lipinski definition) is 10. The minimum absolute atomic E-state index is 0.00962. The normalized spacial score (nSPS) is 11.1. The van der Waals surface area contributed by atoms with Crippen LogP contribution in [0.25, 0.3) is 0 Å². The molecule has 5 N–H and O–H groups in total. The molecule has 0 unspecified atom stereocenters. The van der Waals surface area contributed by atoms with E-state index >= 15 is 0 Å². The standard InChI is InChI=1S/C40H78N4O10/c1-2-3-18-24-42-38(46)34-52-32-31-51-29-26-44-39(47)35-53-33-30-50-28-25-43-37(45)21-20-23-41-36-54-27-19-16-14-12-10-8-6-4-5-7-9-11-13-15-17-22-40(48)49/h41H,2-36H2,1H3,(H,42,46)(H,43,45)(H,44,47)(H,48,49). The predicted molar refractivity (Wildman–Crippen MR) is 211 cm³/mol. The molecule has 318 valence electrons. The second-order valence-electron chi connectivity index (χ2n) is 13.7. The Morgan fingerprint density at radius 1 is 0.407 bits per heavy atom. The van der Waals surface area contributed by atoms with Crippen molar-refractivity contribution in [1.82, 2.24) is 21.3 Å². The van der Waals surface area contributed by atoms with Crippen molar-refractivity contribution in [3.63, 3.8) is 0 Å². The molecule has 14 nitrogen and oxygen atoms in total. The van der Waals surface area contributed by atoms with Gasteiger partial charge in [0.15, 0.2) is 0 Å². The molecule has 0 aromatic heterocycles. The van der Waals surface area contributed by atoms with Crippen LogP contribution in [-0.2, 0) is 42.9 Å². The molecule has 0 aliphatic carbocycles. The second kappa shape index (κ2) is 43.4. The van der Waals surface area contributed by atoms with Gasteiger partial charge in [-0.3, -0.25) is 24.5 Å². The van der Waals surface area contributed by atoms with Gasteiger partial charge in [-0.2, -0.15) is 0 Å². The molecule has 0 saturated heterocycles. The Morgan fingerprint density at radius 2 is 0.870 bits per heavy atom. The zero-order valence-corrected chi connectivity index (χ0v) is 33.9. The summed E-state index contributed by atoms with van der Waals surface area (Å²) in [4.78, 5) is 45.9. The summed E-state index contributed by atoms with van der Waals surface area (Å²) in [6.07, 6.45) is 23.1. The fourth-order valence-electron chi connectivity index (χ4n) is 5.46. The molecule has 0 saturated carbocycles. The van der Waals surface area contributed by atoms with E-state index in [4.69, 9.17) is 28.8 Å². The van der Waals surface area contributed by atoms with Crippen molar-refractivity contribution < 1.29 is 48.0 Å². The number of carboxylic acids is 1. The van der Waals surface area contributed by atoms with Gasteiger partial charge >= 0.3 is 5.97 Å². The molecule has 0 rings (SSSR count). The summed E-state index contributed by atoms with van der Waals surface area (Å²) in [7, 11) is 0. The quantitative estimate of drug-likeness (QED) is 0.0402. The van der Waals surface area contributed by atoms with E-state index in [0.717, 1.165) is 58.1 Å². The van der Waals surface area contributed by atoms with E-state index in [2.05, 4.69) is 28.2 Å². The molecule has 0 heterocycles. The lowest BCUT2D eigenvalue weighted by Crippen LogP contribution is -2.31. The Kier molecular flexibility index (Phi) is 41.5. The Hall–Kier alpha value is -2.36. The maximum absolute atomic E-state index is 12.0. The van der Waals surface area contributed by atoms with Crippen LogP contribution >= 0.6 is 0 Å². The van der Waals surface area contributed by atoms with Crippen LogP contribution in [0.3, 0.4) is 0 Å². The fourth-order valence-corrected chi connectivity index (χ4v) is 5.46. The van der Waals surface area contributed by atoms with Gasteiger partial charge in [-0.15, -0.1) is 0 Å². The van der Waals surface area contributed by atoms with Gasteiger partial charge in [0.05, 0.1) is 46.4 Å². The highest BCUT2D eigenvalue weighted by Gasteiger charge is 2.04. The molecule has 3 amide bonds. The number of aliphatic carboxylic acids is 1. The molecule has 0 spiro atoms. The van der Waals surface area contributed by atoms with Crippen molar-refractivity contribution >= 4 is 23.7 Å². The number of unbranched alkanes of at least 4 members (excludes halogenated alkanes) is 16. The van der Waals surface area contributed by atoms with Gasteiger partial charge in [0.1, 0.15) is 13.2 Å². The molecule has 54 heavy (non-hydrogen) atoms. The predicted octanol–water partition coefficient (Wildman–Crippen LogP) is 5.26. The zero-order valence-electron chi connectivity index (χ0n) is 33.9. The summed E-state index contributed by atoms with van der Waals surface area (Å²) in [5, 5.41) is 20.2. The van der Waals surface area contributed by atoms with E-state index in [9.17, 15) is 19.2 Å². The fraction of sp³-hybridized carbons (Fsp3) is 0.900. The smallest absolute Gasteiger partial charge is 0.303 e. The number of carboxylic acid groups (broad SMARTS) is 1. The molecule has 0 fully saturated rings. The summed E-state index contributed by atoms with van der Waals surface area (Å²) in [5.41, 5.74) is 0. The monoisotopic (exact) mass is 775 g/mol. The first kappa shape index (κ1) is 51.6. The van der Waals surface area contributed by atoms with Crippen molar-refractivity contribution in [1.29, 1.82) is 0 Å².